The lowest BCUT2D eigenvalue weighted by Crippen LogP contribution is -2.51. The second-order valence-electron chi connectivity index (χ2n) is 12.2. The van der Waals surface area contributed by atoms with Crippen LogP contribution in [-0.2, 0) is 9.59 Å². The molecule has 1 fully saturated rings. The van der Waals surface area contributed by atoms with Crippen LogP contribution in [0.15, 0.2) is 47.5 Å². The lowest BCUT2D eigenvalue weighted by molar-refractivity contribution is -0.137. The third-order valence-corrected chi connectivity index (χ3v) is 9.18. The maximum Gasteiger partial charge on any atom is 0.305 e. The van der Waals surface area contributed by atoms with Crippen LogP contribution in [-0.4, -0.2) is 45.7 Å². The molecule has 2 aromatic carbocycles. The minimum atomic E-state index is -0.993. The van der Waals surface area contributed by atoms with Crippen molar-refractivity contribution in [1.82, 2.24) is 10.2 Å². The normalized spacial score (nSPS) is 21.4. The van der Waals surface area contributed by atoms with Crippen molar-refractivity contribution in [1.29, 1.82) is 0 Å². The Labute approximate surface area is 246 Å². The molecule has 2 aliphatic rings. The second kappa shape index (κ2) is 12.7. The highest BCUT2D eigenvalue weighted by Gasteiger charge is 2.52. The number of hydrogen-bond acceptors (Lipinski definition) is 4. The van der Waals surface area contributed by atoms with E-state index >= 15 is 0 Å². The van der Waals surface area contributed by atoms with E-state index < -0.39 is 23.3 Å². The second-order valence-corrected chi connectivity index (χ2v) is 12.2. The molecule has 1 heterocycles. The van der Waals surface area contributed by atoms with Gasteiger partial charge in [0.25, 0.3) is 11.8 Å². The molecule has 2 N–H and O–H groups in total. The zero-order valence-corrected chi connectivity index (χ0v) is 24.9. The monoisotopic (exact) mass is 581 g/mol. The van der Waals surface area contributed by atoms with Gasteiger partial charge >= 0.3 is 5.97 Å². The molecule has 2 aromatic rings. The first-order chi connectivity index (χ1) is 19.9. The van der Waals surface area contributed by atoms with Gasteiger partial charge < -0.3 is 15.3 Å². The number of rotatable bonds is 11. The fourth-order valence-corrected chi connectivity index (χ4v) is 6.39. The molecule has 1 saturated carbocycles. The highest BCUT2D eigenvalue weighted by Crippen LogP contribution is 2.50. The van der Waals surface area contributed by atoms with Gasteiger partial charge in [-0.1, -0.05) is 52.7 Å². The molecule has 42 heavy (non-hydrogen) atoms. The molecule has 1 unspecified atom stereocenters. The van der Waals surface area contributed by atoms with Crippen LogP contribution in [0, 0.1) is 23.0 Å². The number of amides is 2. The Hall–Kier alpha value is -3.62. The first-order valence-electron chi connectivity index (χ1n) is 14.9. The average molecular weight is 582 g/mol. The van der Waals surface area contributed by atoms with Crippen LogP contribution in [0.5, 0.6) is 0 Å². The van der Waals surface area contributed by atoms with Gasteiger partial charge in [0.2, 0.25) is 0 Å². The van der Waals surface area contributed by atoms with Crippen molar-refractivity contribution in [2.45, 2.75) is 90.8 Å². The number of halogens is 2. The molecule has 1 aliphatic carbocycles. The summed E-state index contributed by atoms with van der Waals surface area (Å²) < 4.78 is 28.5. The van der Waals surface area contributed by atoms with E-state index in [1.54, 1.807) is 12.1 Å². The molecule has 4 rings (SSSR count). The zero-order valence-electron chi connectivity index (χ0n) is 24.9. The average Bonchev–Trinajstić information content (AvgIpc) is 3.22. The Balaban J connectivity index is 1.69. The van der Waals surface area contributed by atoms with Crippen molar-refractivity contribution in [3.05, 3.63) is 70.8 Å². The van der Waals surface area contributed by atoms with Crippen molar-refractivity contribution in [3.63, 3.8) is 0 Å². The number of nitrogens with one attached hydrogen (secondary N) is 1. The zero-order chi connectivity index (χ0) is 30.7. The maximum atomic E-state index is 14.2. The number of benzene rings is 2. The van der Waals surface area contributed by atoms with E-state index in [2.05, 4.69) is 26.1 Å². The third kappa shape index (κ3) is 6.55. The first-order valence-corrected chi connectivity index (χ1v) is 14.9. The number of hydrogen-bond donors (Lipinski definition) is 2. The first kappa shape index (κ1) is 31.3. The van der Waals surface area contributed by atoms with Crippen molar-refractivity contribution < 1.29 is 28.3 Å². The SMILES string of the molecule is CCCC(c1ccc(C(=O)NCCC(=O)O)cc1)N1C(=O)C(c2cc(F)cc(F)c2)=NC12CCC(C(C)(C)CC)CC2. The Morgan fingerprint density at radius 3 is 2.26 bits per heavy atom. The Bertz CT molecular complexity index is 1330. The van der Waals surface area contributed by atoms with Gasteiger partial charge in [0.1, 0.15) is 23.0 Å². The topological polar surface area (TPSA) is 99.1 Å². The highest BCUT2D eigenvalue weighted by atomic mass is 19.1. The van der Waals surface area contributed by atoms with E-state index in [0.717, 1.165) is 49.4 Å². The van der Waals surface area contributed by atoms with Gasteiger partial charge in [-0.25, -0.2) is 8.78 Å². The van der Waals surface area contributed by atoms with Crippen LogP contribution in [0.25, 0.3) is 0 Å². The van der Waals surface area contributed by atoms with Crippen LogP contribution in [0.3, 0.4) is 0 Å². The Morgan fingerprint density at radius 2 is 1.71 bits per heavy atom. The highest BCUT2D eigenvalue weighted by molar-refractivity contribution is 6.46. The van der Waals surface area contributed by atoms with Crippen LogP contribution in [0.1, 0.15) is 107 Å². The lowest BCUT2D eigenvalue weighted by atomic mass is 9.67. The molecule has 1 aliphatic heterocycles. The summed E-state index contributed by atoms with van der Waals surface area (Å²) in [4.78, 5) is 44.4. The fourth-order valence-electron chi connectivity index (χ4n) is 6.39. The number of carbonyl (C=O) groups excluding carboxylic acids is 2. The number of aliphatic imine (C=N–C) groups is 1. The minimum absolute atomic E-state index is 0.0236. The lowest BCUT2D eigenvalue weighted by Gasteiger charge is -2.48. The Kier molecular flexibility index (Phi) is 9.48. The molecule has 7 nitrogen and oxygen atoms in total. The number of carbonyl (C=O) groups is 3. The summed E-state index contributed by atoms with van der Waals surface area (Å²) in [7, 11) is 0. The van der Waals surface area contributed by atoms with E-state index in [0.29, 0.717) is 30.7 Å². The maximum absolute atomic E-state index is 14.2. The molecule has 0 bridgehead atoms. The molecule has 226 valence electrons. The molecule has 9 heteroatoms. The fraction of sp³-hybridized carbons (Fsp3) is 0.515. The quantitative estimate of drug-likeness (QED) is 0.310. The molecule has 1 atom stereocenters. The summed E-state index contributed by atoms with van der Waals surface area (Å²) in [6.07, 6.45) is 5.35. The van der Waals surface area contributed by atoms with Crippen LogP contribution >= 0.6 is 0 Å². The molecule has 2 amide bonds. The van der Waals surface area contributed by atoms with Gasteiger partial charge in [0.15, 0.2) is 0 Å². The van der Waals surface area contributed by atoms with Crippen molar-refractivity contribution >= 4 is 23.5 Å². The predicted molar refractivity (Wildman–Crippen MR) is 157 cm³/mol. The van der Waals surface area contributed by atoms with Crippen LogP contribution in [0.2, 0.25) is 0 Å². The third-order valence-electron chi connectivity index (χ3n) is 9.18. The summed E-state index contributed by atoms with van der Waals surface area (Å²) in [5.74, 6) is -2.76. The van der Waals surface area contributed by atoms with Gasteiger partial charge in [0, 0.05) is 23.7 Å². The minimum Gasteiger partial charge on any atom is -0.481 e. The van der Waals surface area contributed by atoms with E-state index in [4.69, 9.17) is 10.1 Å². The molecule has 0 saturated heterocycles. The van der Waals surface area contributed by atoms with E-state index in [9.17, 15) is 23.2 Å². The summed E-state index contributed by atoms with van der Waals surface area (Å²) in [6, 6.07) is 9.73. The van der Waals surface area contributed by atoms with Crippen molar-refractivity contribution in [3.8, 4) is 0 Å². The Morgan fingerprint density at radius 1 is 1.10 bits per heavy atom. The van der Waals surface area contributed by atoms with E-state index in [1.807, 2.05) is 24.0 Å². The van der Waals surface area contributed by atoms with Crippen LogP contribution in [0.4, 0.5) is 8.78 Å². The molecular weight excluding hydrogens is 540 g/mol. The molecule has 0 aromatic heterocycles. The summed E-state index contributed by atoms with van der Waals surface area (Å²) in [5.41, 5.74) is 0.760. The predicted octanol–water partition coefficient (Wildman–Crippen LogP) is 6.66. The van der Waals surface area contributed by atoms with E-state index in [1.165, 1.54) is 0 Å². The number of aliphatic carboxylic acids is 1. The van der Waals surface area contributed by atoms with Gasteiger partial charge in [-0.2, -0.15) is 0 Å². The summed E-state index contributed by atoms with van der Waals surface area (Å²) >= 11 is 0. The smallest absolute Gasteiger partial charge is 0.305 e. The summed E-state index contributed by atoms with van der Waals surface area (Å²) in [6.45, 7) is 8.80. The van der Waals surface area contributed by atoms with Gasteiger partial charge in [-0.15, -0.1) is 0 Å². The van der Waals surface area contributed by atoms with Gasteiger partial charge in [-0.05, 0) is 73.3 Å². The number of carboxylic acids is 1. The van der Waals surface area contributed by atoms with Crippen LogP contribution < -0.4 is 5.32 Å². The number of nitrogens with zero attached hydrogens (tertiary/aromatic N) is 2. The molecule has 0 radical (unpaired) electrons. The standard InChI is InChI=1S/C33H41F2N3O4/c1-5-7-27(21-8-10-22(11-9-21)30(41)36-17-14-28(39)40)38-31(42)29(23-18-25(34)20-26(35)19-23)37-33(38)15-12-24(13-16-33)32(3,4)6-2/h8-11,18-20,24,27H,5-7,12-17H2,1-4H3,(H,36,41)(H,39,40). The largest absolute Gasteiger partial charge is 0.481 e. The van der Waals surface area contributed by atoms with Gasteiger partial charge in [-0.3, -0.25) is 19.4 Å². The van der Waals surface area contributed by atoms with E-state index in [-0.39, 0.29) is 47.5 Å². The number of carboxylic acid groups (broad SMARTS) is 1. The molecular formula is C33H41F2N3O4. The van der Waals surface area contributed by atoms with Crippen molar-refractivity contribution in [2.24, 2.45) is 16.3 Å². The summed E-state index contributed by atoms with van der Waals surface area (Å²) in [5, 5.41) is 11.4. The van der Waals surface area contributed by atoms with Gasteiger partial charge in [0.05, 0.1) is 12.5 Å². The van der Waals surface area contributed by atoms with Crippen molar-refractivity contribution in [2.75, 3.05) is 6.54 Å². The molecule has 1 spiro atoms.